The third kappa shape index (κ3) is 3.62. The van der Waals surface area contributed by atoms with Gasteiger partial charge in [0.15, 0.2) is 0 Å². The molecular weight excluding hydrogens is 328 g/mol. The first-order valence-corrected chi connectivity index (χ1v) is 9.43. The quantitative estimate of drug-likeness (QED) is 0.899. The smallest absolute Gasteiger partial charge is 0.227 e. The monoisotopic (exact) mass is 354 g/mol. The third-order valence-electron chi connectivity index (χ3n) is 5.00. The fourth-order valence-corrected chi connectivity index (χ4v) is 3.56. The van der Waals surface area contributed by atoms with Crippen LogP contribution in [0.4, 0.5) is 11.8 Å². The summed E-state index contributed by atoms with van der Waals surface area (Å²) in [4.78, 5) is 22.9. The maximum atomic E-state index is 9.70. The van der Waals surface area contributed by atoms with Crippen LogP contribution in [0.15, 0.2) is 18.5 Å². The van der Waals surface area contributed by atoms with E-state index in [1.807, 2.05) is 18.5 Å². The molecule has 0 aromatic carbocycles. The van der Waals surface area contributed by atoms with Gasteiger partial charge in [-0.05, 0) is 24.8 Å². The number of fused-ring (bicyclic) bond motifs is 1. The molecule has 4 rings (SSSR count). The second-order valence-corrected chi connectivity index (χ2v) is 7.65. The summed E-state index contributed by atoms with van der Waals surface area (Å²) in [5, 5.41) is 9.70. The Morgan fingerprint density at radius 1 is 1.12 bits per heavy atom. The van der Waals surface area contributed by atoms with Crippen LogP contribution in [0, 0.1) is 5.92 Å². The number of rotatable bonds is 4. The molecule has 0 unspecified atom stereocenters. The summed E-state index contributed by atoms with van der Waals surface area (Å²) in [5.41, 5.74) is 2.25. The Labute approximate surface area is 154 Å². The van der Waals surface area contributed by atoms with E-state index in [4.69, 9.17) is 9.97 Å². The lowest BCUT2D eigenvalue weighted by molar-refractivity contribution is 0.145. The van der Waals surface area contributed by atoms with Gasteiger partial charge in [0.1, 0.15) is 11.6 Å². The van der Waals surface area contributed by atoms with Crippen molar-refractivity contribution in [3.63, 3.8) is 0 Å². The van der Waals surface area contributed by atoms with E-state index in [0.29, 0.717) is 5.92 Å². The minimum atomic E-state index is -0.181. The number of hydrogen-bond acceptors (Lipinski definition) is 7. The van der Waals surface area contributed by atoms with Gasteiger partial charge in [0.05, 0.1) is 18.3 Å². The van der Waals surface area contributed by atoms with Gasteiger partial charge in [-0.3, -0.25) is 0 Å². The fourth-order valence-electron chi connectivity index (χ4n) is 3.56. The zero-order valence-corrected chi connectivity index (χ0v) is 15.5. The highest BCUT2D eigenvalue weighted by Gasteiger charge is 2.25. The van der Waals surface area contributed by atoms with Gasteiger partial charge in [-0.1, -0.05) is 13.8 Å². The first kappa shape index (κ1) is 17.1. The Kier molecular flexibility index (Phi) is 4.72. The van der Waals surface area contributed by atoms with E-state index >= 15 is 0 Å². The number of nitrogens with zero attached hydrogens (tertiary/aromatic N) is 6. The predicted molar refractivity (Wildman–Crippen MR) is 99.9 cm³/mol. The Balaban J connectivity index is 1.49. The molecule has 0 amide bonds. The first-order chi connectivity index (χ1) is 12.6. The Bertz CT molecular complexity index is 772. The predicted octanol–water partition coefficient (Wildman–Crippen LogP) is 1.95. The van der Waals surface area contributed by atoms with E-state index in [9.17, 15) is 5.11 Å². The maximum absolute atomic E-state index is 9.70. The highest BCUT2D eigenvalue weighted by atomic mass is 16.3. The number of piperidine rings is 1. The van der Waals surface area contributed by atoms with Crippen LogP contribution in [0.2, 0.25) is 0 Å². The molecular formula is C19H26N6O. The molecule has 0 atom stereocenters. The number of aliphatic hydroxyl groups is 1. The summed E-state index contributed by atoms with van der Waals surface area (Å²) >= 11 is 0. The van der Waals surface area contributed by atoms with Crippen LogP contribution in [-0.4, -0.2) is 44.2 Å². The minimum absolute atomic E-state index is 0.181. The summed E-state index contributed by atoms with van der Waals surface area (Å²) in [6.45, 7) is 7.51. The van der Waals surface area contributed by atoms with Crippen LogP contribution < -0.4 is 9.80 Å². The molecule has 7 heteroatoms. The molecule has 2 aromatic rings. The van der Waals surface area contributed by atoms with Gasteiger partial charge in [-0.2, -0.15) is 4.98 Å². The molecule has 2 aliphatic heterocycles. The molecule has 0 radical (unpaired) electrons. The lowest BCUT2D eigenvalue weighted by Gasteiger charge is -2.30. The van der Waals surface area contributed by atoms with Crippen LogP contribution >= 0.6 is 0 Å². The van der Waals surface area contributed by atoms with Crippen LogP contribution in [0.3, 0.4) is 0 Å². The minimum Gasteiger partial charge on any atom is -0.393 e. The van der Waals surface area contributed by atoms with Crippen molar-refractivity contribution in [1.29, 1.82) is 0 Å². The van der Waals surface area contributed by atoms with E-state index in [1.165, 1.54) is 0 Å². The zero-order valence-electron chi connectivity index (χ0n) is 15.5. The van der Waals surface area contributed by atoms with Gasteiger partial charge >= 0.3 is 0 Å². The van der Waals surface area contributed by atoms with Crippen molar-refractivity contribution in [2.75, 3.05) is 22.9 Å². The van der Waals surface area contributed by atoms with Crippen molar-refractivity contribution >= 4 is 11.8 Å². The molecule has 0 aliphatic carbocycles. The number of aromatic nitrogens is 4. The highest BCUT2D eigenvalue weighted by molar-refractivity contribution is 5.46. The third-order valence-corrected chi connectivity index (χ3v) is 5.00. The Hall–Kier alpha value is -2.28. The summed E-state index contributed by atoms with van der Waals surface area (Å²) in [6.07, 6.45) is 6.09. The molecule has 1 saturated heterocycles. The average Bonchev–Trinajstić information content (AvgIpc) is 3.05. The number of hydrogen-bond donors (Lipinski definition) is 1. The van der Waals surface area contributed by atoms with Crippen LogP contribution in [0.1, 0.15) is 43.8 Å². The second kappa shape index (κ2) is 7.15. The zero-order chi connectivity index (χ0) is 18.1. The molecule has 0 saturated carbocycles. The maximum Gasteiger partial charge on any atom is 0.227 e. The van der Waals surface area contributed by atoms with Crippen molar-refractivity contribution < 1.29 is 5.11 Å². The van der Waals surface area contributed by atoms with Gasteiger partial charge in [0.25, 0.3) is 0 Å². The molecule has 1 fully saturated rings. The second-order valence-electron chi connectivity index (χ2n) is 7.65. The van der Waals surface area contributed by atoms with E-state index < -0.39 is 0 Å². The van der Waals surface area contributed by atoms with Crippen molar-refractivity contribution in [3.8, 4) is 0 Å². The SMILES string of the molecule is CC(C)Cc1ncc2c(n1)CN(c1nccc(N3CCC(O)CC3)n1)C2. The largest absolute Gasteiger partial charge is 0.393 e. The topological polar surface area (TPSA) is 78.3 Å². The number of aliphatic hydroxyl groups excluding tert-OH is 1. The normalized spacial score (nSPS) is 17.8. The average molecular weight is 354 g/mol. The van der Waals surface area contributed by atoms with Crippen molar-refractivity contribution in [3.05, 3.63) is 35.5 Å². The van der Waals surface area contributed by atoms with Crippen LogP contribution in [-0.2, 0) is 19.5 Å². The van der Waals surface area contributed by atoms with Crippen LogP contribution in [0.5, 0.6) is 0 Å². The van der Waals surface area contributed by atoms with Gasteiger partial charge in [0.2, 0.25) is 5.95 Å². The Morgan fingerprint density at radius 2 is 1.92 bits per heavy atom. The summed E-state index contributed by atoms with van der Waals surface area (Å²) in [6, 6.07) is 1.95. The molecule has 1 N–H and O–H groups in total. The van der Waals surface area contributed by atoms with Gasteiger partial charge in [0, 0.05) is 44.0 Å². The molecule has 7 nitrogen and oxygen atoms in total. The van der Waals surface area contributed by atoms with Gasteiger partial charge in [-0.15, -0.1) is 0 Å². The van der Waals surface area contributed by atoms with Crippen molar-refractivity contribution in [1.82, 2.24) is 19.9 Å². The standard InChI is InChI=1S/C19H26N6O/c1-13(2)9-17-21-10-14-11-25(12-16(14)22-17)19-20-6-3-18(23-19)24-7-4-15(26)5-8-24/h3,6,10,13,15,26H,4-5,7-9,11-12H2,1-2H3. The summed E-state index contributed by atoms with van der Waals surface area (Å²) in [5.74, 6) is 3.14. The Morgan fingerprint density at radius 3 is 2.69 bits per heavy atom. The lowest BCUT2D eigenvalue weighted by Crippen LogP contribution is -2.36. The van der Waals surface area contributed by atoms with Gasteiger partial charge in [-0.25, -0.2) is 15.0 Å². The molecule has 0 spiro atoms. The van der Waals surface area contributed by atoms with E-state index in [0.717, 1.165) is 74.3 Å². The molecule has 2 aromatic heterocycles. The fraction of sp³-hybridized carbons (Fsp3) is 0.579. The first-order valence-electron chi connectivity index (χ1n) is 9.43. The highest BCUT2D eigenvalue weighted by Crippen LogP contribution is 2.26. The summed E-state index contributed by atoms with van der Waals surface area (Å²) < 4.78 is 0. The lowest BCUT2D eigenvalue weighted by atomic mass is 10.1. The van der Waals surface area contributed by atoms with Crippen LogP contribution in [0.25, 0.3) is 0 Å². The van der Waals surface area contributed by atoms with Crippen molar-refractivity contribution in [2.45, 2.75) is 52.3 Å². The van der Waals surface area contributed by atoms with Crippen molar-refractivity contribution in [2.24, 2.45) is 5.92 Å². The van der Waals surface area contributed by atoms with E-state index in [1.54, 1.807) is 0 Å². The molecule has 26 heavy (non-hydrogen) atoms. The van der Waals surface area contributed by atoms with Gasteiger partial charge < -0.3 is 14.9 Å². The molecule has 138 valence electrons. The molecule has 4 heterocycles. The van der Waals surface area contributed by atoms with E-state index in [-0.39, 0.29) is 6.10 Å². The molecule has 0 bridgehead atoms. The van der Waals surface area contributed by atoms with E-state index in [2.05, 4.69) is 33.6 Å². The number of anilines is 2. The summed E-state index contributed by atoms with van der Waals surface area (Å²) in [7, 11) is 0. The molecule has 2 aliphatic rings.